The number of carbonyl (C=O) groups excluding carboxylic acids is 2. The molecule has 6 nitrogen and oxygen atoms in total. The summed E-state index contributed by atoms with van der Waals surface area (Å²) in [6.07, 6.45) is 1.61. The third kappa shape index (κ3) is 2.12. The second-order valence-corrected chi connectivity index (χ2v) is 5.08. The first kappa shape index (κ1) is 12.6. The van der Waals surface area contributed by atoms with Gasteiger partial charge in [-0.15, -0.1) is 11.3 Å². The molecule has 2 heterocycles. The number of fused-ring (bicyclic) bond motifs is 1. The number of anilines is 2. The Morgan fingerprint density at radius 2 is 2.35 bits per heavy atom. The van der Waals surface area contributed by atoms with Crippen molar-refractivity contribution >= 4 is 34.0 Å². The number of likely N-dealkylation sites (N-methyl/N-ethyl adjacent to an activating group) is 1. The molecular weight excluding hydrogens is 278 g/mol. The Morgan fingerprint density at radius 1 is 1.50 bits per heavy atom. The molecule has 2 aromatic rings. The molecule has 1 aliphatic rings. The van der Waals surface area contributed by atoms with Crippen molar-refractivity contribution in [2.75, 3.05) is 23.9 Å². The highest BCUT2D eigenvalue weighted by molar-refractivity contribution is 7.13. The fourth-order valence-corrected chi connectivity index (χ4v) is 2.46. The lowest BCUT2D eigenvalue weighted by Crippen LogP contribution is -2.36. The number of hydrogen-bond donors (Lipinski definition) is 1. The molecule has 0 radical (unpaired) electrons. The van der Waals surface area contributed by atoms with Gasteiger partial charge in [-0.25, -0.2) is 4.98 Å². The van der Waals surface area contributed by atoms with Gasteiger partial charge in [0.25, 0.3) is 11.8 Å². The third-order valence-electron chi connectivity index (χ3n) is 2.97. The summed E-state index contributed by atoms with van der Waals surface area (Å²) in [7, 11) is 1.66. The van der Waals surface area contributed by atoms with Crippen molar-refractivity contribution < 1.29 is 14.3 Å². The van der Waals surface area contributed by atoms with E-state index >= 15 is 0 Å². The zero-order valence-electron chi connectivity index (χ0n) is 10.6. The van der Waals surface area contributed by atoms with Crippen LogP contribution in [0.2, 0.25) is 0 Å². The molecule has 1 N–H and O–H groups in total. The van der Waals surface area contributed by atoms with E-state index < -0.39 is 0 Å². The van der Waals surface area contributed by atoms with E-state index in [9.17, 15) is 9.59 Å². The topological polar surface area (TPSA) is 71.5 Å². The number of para-hydroxylation sites is 1. The number of amides is 2. The molecule has 0 unspecified atom stereocenters. The Labute approximate surface area is 119 Å². The summed E-state index contributed by atoms with van der Waals surface area (Å²) in [5, 5.41) is 5.00. The number of nitrogens with zero attached hydrogens (tertiary/aromatic N) is 2. The maximum absolute atomic E-state index is 12.2. The van der Waals surface area contributed by atoms with Gasteiger partial charge in [-0.1, -0.05) is 6.07 Å². The van der Waals surface area contributed by atoms with Crippen LogP contribution < -0.4 is 15.0 Å². The Morgan fingerprint density at radius 3 is 3.10 bits per heavy atom. The number of ether oxygens (including phenoxy) is 1. The molecule has 0 saturated carbocycles. The lowest BCUT2D eigenvalue weighted by atomic mass is 10.1. The van der Waals surface area contributed by atoms with Gasteiger partial charge in [0.05, 0.1) is 11.3 Å². The molecule has 0 saturated heterocycles. The van der Waals surface area contributed by atoms with Crippen LogP contribution in [0.5, 0.6) is 5.75 Å². The minimum absolute atomic E-state index is 0.0644. The van der Waals surface area contributed by atoms with Crippen LogP contribution >= 0.6 is 11.3 Å². The molecule has 0 bridgehead atoms. The highest BCUT2D eigenvalue weighted by Crippen LogP contribution is 2.34. The lowest BCUT2D eigenvalue weighted by molar-refractivity contribution is -0.121. The zero-order chi connectivity index (χ0) is 14.1. The average molecular weight is 289 g/mol. The summed E-state index contributed by atoms with van der Waals surface area (Å²) in [6, 6.07) is 5.12. The number of benzene rings is 1. The highest BCUT2D eigenvalue weighted by Gasteiger charge is 2.26. The standard InChI is InChI=1S/C13H11N3O3S/c1-16-9-4-2-3-8(11(9)19-7-10(16)17)12(18)15-13-14-5-6-20-13/h2-6H,7H2,1H3,(H,14,15,18). The van der Waals surface area contributed by atoms with Crippen LogP contribution in [-0.2, 0) is 4.79 Å². The first-order valence-corrected chi connectivity index (χ1v) is 6.78. The van der Waals surface area contributed by atoms with E-state index in [0.29, 0.717) is 22.1 Å². The molecule has 1 aromatic heterocycles. The van der Waals surface area contributed by atoms with Crippen LogP contribution in [0.1, 0.15) is 10.4 Å². The van der Waals surface area contributed by atoms with Gasteiger partial charge in [0.2, 0.25) is 0 Å². The van der Waals surface area contributed by atoms with Crippen LogP contribution in [0.4, 0.5) is 10.8 Å². The molecule has 1 aromatic carbocycles. The maximum atomic E-state index is 12.2. The molecule has 102 valence electrons. The second kappa shape index (κ2) is 4.93. The summed E-state index contributed by atoms with van der Waals surface area (Å²) < 4.78 is 5.41. The molecule has 1 aliphatic heterocycles. The largest absolute Gasteiger partial charge is 0.481 e. The normalized spacial score (nSPS) is 13.7. The highest BCUT2D eigenvalue weighted by atomic mass is 32.1. The van der Waals surface area contributed by atoms with Crippen LogP contribution in [0.3, 0.4) is 0 Å². The van der Waals surface area contributed by atoms with Crippen molar-refractivity contribution in [2.24, 2.45) is 0 Å². The number of rotatable bonds is 2. The first-order chi connectivity index (χ1) is 9.66. The van der Waals surface area contributed by atoms with Crippen molar-refractivity contribution in [2.45, 2.75) is 0 Å². The molecule has 0 atom stereocenters. The zero-order valence-corrected chi connectivity index (χ0v) is 11.4. The lowest BCUT2D eigenvalue weighted by Gasteiger charge is -2.27. The molecule has 2 amide bonds. The average Bonchev–Trinajstić information content (AvgIpc) is 2.95. The predicted molar refractivity (Wildman–Crippen MR) is 75.4 cm³/mol. The van der Waals surface area contributed by atoms with E-state index in [1.807, 2.05) is 0 Å². The van der Waals surface area contributed by atoms with Crippen LogP contribution in [0.25, 0.3) is 0 Å². The fraction of sp³-hybridized carbons (Fsp3) is 0.154. The van der Waals surface area contributed by atoms with Crippen molar-refractivity contribution in [1.82, 2.24) is 4.98 Å². The minimum Gasteiger partial charge on any atom is -0.481 e. The summed E-state index contributed by atoms with van der Waals surface area (Å²) in [6.45, 7) is -0.0644. The van der Waals surface area contributed by atoms with E-state index in [1.165, 1.54) is 16.2 Å². The van der Waals surface area contributed by atoms with E-state index in [0.717, 1.165) is 0 Å². The molecule has 0 fully saturated rings. The van der Waals surface area contributed by atoms with Crippen LogP contribution in [0.15, 0.2) is 29.8 Å². The molecule has 0 spiro atoms. The quantitative estimate of drug-likeness (QED) is 0.914. The van der Waals surface area contributed by atoms with Gasteiger partial charge < -0.3 is 9.64 Å². The summed E-state index contributed by atoms with van der Waals surface area (Å²) >= 11 is 1.34. The van der Waals surface area contributed by atoms with Gasteiger partial charge in [-0.2, -0.15) is 0 Å². The van der Waals surface area contributed by atoms with Gasteiger partial charge in [-0.3, -0.25) is 14.9 Å². The van der Waals surface area contributed by atoms with Crippen molar-refractivity contribution in [3.8, 4) is 5.75 Å². The number of aromatic nitrogens is 1. The monoisotopic (exact) mass is 289 g/mol. The summed E-state index contributed by atoms with van der Waals surface area (Å²) in [5.41, 5.74) is 0.977. The Bertz CT molecular complexity index is 670. The fourth-order valence-electron chi connectivity index (χ4n) is 1.93. The van der Waals surface area contributed by atoms with Gasteiger partial charge in [0.1, 0.15) is 0 Å². The molecule has 20 heavy (non-hydrogen) atoms. The molecule has 0 aliphatic carbocycles. The van der Waals surface area contributed by atoms with Crippen molar-refractivity contribution in [3.63, 3.8) is 0 Å². The molecule has 3 rings (SSSR count). The molecular formula is C13H11N3O3S. The maximum Gasteiger partial charge on any atom is 0.264 e. The summed E-state index contributed by atoms with van der Waals surface area (Å²) in [5.74, 6) is -0.0295. The van der Waals surface area contributed by atoms with Crippen LogP contribution in [0, 0.1) is 0 Å². The van der Waals surface area contributed by atoms with E-state index in [1.54, 1.807) is 36.8 Å². The predicted octanol–water partition coefficient (Wildman–Crippen LogP) is 1.75. The van der Waals surface area contributed by atoms with Crippen LogP contribution in [-0.4, -0.2) is 30.5 Å². The Balaban J connectivity index is 1.95. The number of hydrogen-bond acceptors (Lipinski definition) is 5. The summed E-state index contributed by atoms with van der Waals surface area (Å²) in [4.78, 5) is 29.3. The van der Waals surface area contributed by atoms with Gasteiger partial charge in [0.15, 0.2) is 17.5 Å². The molecule has 7 heteroatoms. The van der Waals surface area contributed by atoms with Crippen molar-refractivity contribution in [3.05, 3.63) is 35.3 Å². The smallest absolute Gasteiger partial charge is 0.264 e. The van der Waals surface area contributed by atoms with Crippen molar-refractivity contribution in [1.29, 1.82) is 0 Å². The number of thiazole rings is 1. The van der Waals surface area contributed by atoms with E-state index in [4.69, 9.17) is 4.74 Å². The van der Waals surface area contributed by atoms with Gasteiger partial charge in [0, 0.05) is 18.6 Å². The number of nitrogens with one attached hydrogen (secondary N) is 1. The van der Waals surface area contributed by atoms with E-state index in [2.05, 4.69) is 10.3 Å². The Kier molecular flexibility index (Phi) is 3.11. The Hall–Kier alpha value is -2.41. The number of carbonyl (C=O) groups is 2. The van der Waals surface area contributed by atoms with Gasteiger partial charge in [-0.05, 0) is 12.1 Å². The minimum atomic E-state index is -0.306. The van der Waals surface area contributed by atoms with E-state index in [-0.39, 0.29) is 18.4 Å². The SMILES string of the molecule is CN1C(=O)COc2c(C(=O)Nc3nccs3)cccc21. The second-order valence-electron chi connectivity index (χ2n) is 4.19. The van der Waals surface area contributed by atoms with Gasteiger partial charge >= 0.3 is 0 Å². The third-order valence-corrected chi connectivity index (χ3v) is 3.66. The first-order valence-electron chi connectivity index (χ1n) is 5.90.